The number of aliphatic hydroxyl groups excluding tert-OH is 1. The van der Waals surface area contributed by atoms with Crippen LogP contribution in [-0.4, -0.2) is 175 Å². The van der Waals surface area contributed by atoms with Gasteiger partial charge in [-0.25, -0.2) is 0 Å². The monoisotopic (exact) mass is 1430 g/mol. The molecule has 0 fully saturated rings. The van der Waals surface area contributed by atoms with Gasteiger partial charge in [0.25, 0.3) is 0 Å². The molecule has 4 rings (SSSR count). The van der Waals surface area contributed by atoms with Crippen LogP contribution in [0.4, 0.5) is 0 Å². The van der Waals surface area contributed by atoms with E-state index in [1.54, 1.807) is 60.8 Å². The van der Waals surface area contributed by atoms with Crippen LogP contribution in [0, 0.1) is 0 Å². The first-order valence-electron chi connectivity index (χ1n) is 34.8. The quantitative estimate of drug-likeness (QED) is 0.0223. The normalized spacial score (nSPS) is 14.2. The van der Waals surface area contributed by atoms with Crippen LogP contribution in [0.15, 0.2) is 85.1 Å². The minimum atomic E-state index is -1.62. The summed E-state index contributed by atoms with van der Waals surface area (Å²) in [5.41, 5.74) is 27.0. The fourth-order valence-electron chi connectivity index (χ4n) is 11.1. The molecule has 19 N–H and O–H groups in total. The summed E-state index contributed by atoms with van der Waals surface area (Å²) in [5.74, 6) is -9.49. The molecule has 0 saturated heterocycles. The summed E-state index contributed by atoms with van der Waals surface area (Å²) in [5, 5.41) is 42.8. The highest BCUT2D eigenvalue weighted by Crippen LogP contribution is 2.22. The van der Waals surface area contributed by atoms with E-state index in [9.17, 15) is 43.8 Å². The molecule has 1 heterocycles. The molecular weight excluding hydrogens is 1320 g/mol. The van der Waals surface area contributed by atoms with E-state index in [1.165, 1.54) is 45.0 Å². The third-order valence-corrected chi connectivity index (χ3v) is 18.7. The zero-order chi connectivity index (χ0) is 73.5. The van der Waals surface area contributed by atoms with Gasteiger partial charge >= 0.3 is 0 Å². The Balaban J connectivity index is 1.83. The van der Waals surface area contributed by atoms with Crippen LogP contribution in [0.2, 0.25) is 0 Å². The number of hydrogen-bond acceptors (Lipinski definition) is 18. The van der Waals surface area contributed by atoms with Crippen LogP contribution in [0.5, 0.6) is 5.75 Å². The van der Waals surface area contributed by atoms with Crippen LogP contribution in [0.3, 0.4) is 0 Å². The van der Waals surface area contributed by atoms with Crippen LogP contribution < -0.4 is 65.5 Å². The molecule has 552 valence electrons. The number of para-hydroxylation sites is 1. The molecule has 100 heavy (non-hydrogen) atoms. The van der Waals surface area contributed by atoms with E-state index in [0.29, 0.717) is 46.9 Å². The highest BCUT2D eigenvalue weighted by molar-refractivity contribution is 7.99. The van der Waals surface area contributed by atoms with Crippen LogP contribution in [0.1, 0.15) is 160 Å². The maximum absolute atomic E-state index is 15.5. The average molecular weight is 1430 g/mol. The van der Waals surface area contributed by atoms with Crippen molar-refractivity contribution >= 4 is 99.4 Å². The van der Waals surface area contributed by atoms with Gasteiger partial charge in [0, 0.05) is 61.7 Å². The highest BCUT2D eigenvalue weighted by atomic mass is 32.2. The molecule has 0 radical (unpaired) electrons. The Morgan fingerprint density at radius 3 is 1.47 bits per heavy atom. The van der Waals surface area contributed by atoms with Crippen LogP contribution in [-0.2, 0) is 72.0 Å². The second-order valence-electron chi connectivity index (χ2n) is 25.2. The topological polar surface area (TPSA) is 448 Å². The van der Waals surface area contributed by atoms with Gasteiger partial charge < -0.3 is 80.7 Å². The van der Waals surface area contributed by atoms with Crippen molar-refractivity contribution in [2.24, 2.45) is 22.9 Å². The first-order chi connectivity index (χ1) is 47.9. The number of carbonyl (C=O) groups is 11. The maximum Gasteiger partial charge on any atom is 0.246 e. The molecule has 0 bridgehead atoms. The van der Waals surface area contributed by atoms with Crippen molar-refractivity contribution in [3.8, 4) is 5.75 Å². The summed E-state index contributed by atoms with van der Waals surface area (Å²) in [6, 6.07) is 8.52. The largest absolute Gasteiger partial charge is 0.508 e. The molecule has 0 aliphatic rings. The number of aliphatic hydroxyl groups is 1. The molecule has 0 saturated carbocycles. The van der Waals surface area contributed by atoms with Crippen molar-refractivity contribution in [3.05, 3.63) is 102 Å². The number of carbonyl (C=O) groups excluding carboxylic acids is 11. The number of imide groups is 1. The Morgan fingerprint density at radius 1 is 0.510 bits per heavy atom. The molecule has 0 aliphatic carbocycles. The Kier molecular flexibility index (Phi) is 39.1. The van der Waals surface area contributed by atoms with E-state index in [1.807, 2.05) is 0 Å². The number of benzene rings is 3. The SMILES string of the molecule is CCCCCCCCC(N)C(=O)N(C(=O)C(N)CCCCCCCC)[C@H](Cc1ccccc1)C(=O)N[C@@H](CSCNC(C)=O)C(=O)N[C@@H](Cc1ccc(O)cc1)C(=O)N[C@H](Cc1c[nH]c2ccccc12)C(=O)N[C@@H](CCCCN)C(=O)N[C@@H](CSCNC(C)=O)C(=O)N[C@H](C(N)=O)[C@@H](C)O. The Hall–Kier alpha value is -8.09. The maximum atomic E-state index is 15.5. The predicted molar refractivity (Wildman–Crippen MR) is 389 cm³/mol. The number of phenolic OH excluding ortho intramolecular Hbond substituents is 1. The summed E-state index contributed by atoms with van der Waals surface area (Å²) in [4.78, 5) is 160. The number of nitrogens with zero attached hydrogens (tertiary/aromatic N) is 1. The van der Waals surface area contributed by atoms with Gasteiger partial charge in [0.1, 0.15) is 48.0 Å². The minimum absolute atomic E-state index is 0.0138. The number of rotatable bonds is 49. The third kappa shape index (κ3) is 30.4. The van der Waals surface area contributed by atoms with Crippen molar-refractivity contribution in [2.45, 2.75) is 224 Å². The lowest BCUT2D eigenvalue weighted by atomic mass is 9.98. The number of amides is 11. The fraction of sp³-hybridized carbons (Fsp3) is 0.563. The summed E-state index contributed by atoms with van der Waals surface area (Å²) >= 11 is 2.08. The average Bonchev–Trinajstić information content (AvgIpc) is 1.12. The Morgan fingerprint density at radius 2 is 0.950 bits per heavy atom. The lowest BCUT2D eigenvalue weighted by Crippen LogP contribution is -2.63. The van der Waals surface area contributed by atoms with E-state index in [-0.39, 0.29) is 86.4 Å². The molecule has 3 aromatic carbocycles. The van der Waals surface area contributed by atoms with Crippen LogP contribution in [0.25, 0.3) is 10.9 Å². The van der Waals surface area contributed by atoms with E-state index < -0.39 is 120 Å². The molecule has 4 aromatic rings. The molecule has 0 aliphatic heterocycles. The summed E-state index contributed by atoms with van der Waals surface area (Å²) in [6.07, 6.45) is 11.3. The number of aromatic hydroxyl groups is 1. The molecular formula is C71H108N14O13S2. The van der Waals surface area contributed by atoms with Crippen molar-refractivity contribution in [3.63, 3.8) is 0 Å². The molecule has 0 spiro atoms. The lowest BCUT2D eigenvalue weighted by Gasteiger charge is -2.34. The van der Waals surface area contributed by atoms with E-state index >= 15 is 19.2 Å². The van der Waals surface area contributed by atoms with Crippen molar-refractivity contribution < 1.29 is 63.0 Å². The van der Waals surface area contributed by atoms with Crippen molar-refractivity contribution in [1.29, 1.82) is 0 Å². The predicted octanol–water partition coefficient (Wildman–Crippen LogP) is 3.34. The van der Waals surface area contributed by atoms with Gasteiger partial charge in [-0.2, -0.15) is 0 Å². The first kappa shape index (κ1) is 84.3. The highest BCUT2D eigenvalue weighted by Gasteiger charge is 2.41. The van der Waals surface area contributed by atoms with Gasteiger partial charge in [-0.15, -0.1) is 23.5 Å². The molecule has 11 amide bonds. The zero-order valence-electron chi connectivity index (χ0n) is 58.5. The molecule has 10 atom stereocenters. The number of H-pyrrole nitrogens is 1. The van der Waals surface area contributed by atoms with E-state index in [0.717, 1.165) is 92.6 Å². The van der Waals surface area contributed by atoms with Gasteiger partial charge in [0.2, 0.25) is 65.0 Å². The summed E-state index contributed by atoms with van der Waals surface area (Å²) in [6.45, 7) is 8.25. The Bertz CT molecular complexity index is 3200. The smallest absolute Gasteiger partial charge is 0.246 e. The van der Waals surface area contributed by atoms with Gasteiger partial charge in [0.15, 0.2) is 0 Å². The van der Waals surface area contributed by atoms with E-state index in [4.69, 9.17) is 22.9 Å². The summed E-state index contributed by atoms with van der Waals surface area (Å²) in [7, 11) is 0. The van der Waals surface area contributed by atoms with E-state index in [2.05, 4.69) is 61.4 Å². The number of hydrogen-bond donors (Lipinski definition) is 15. The molecule has 27 nitrogen and oxygen atoms in total. The summed E-state index contributed by atoms with van der Waals surface area (Å²) < 4.78 is 0. The molecule has 1 aromatic heterocycles. The molecule has 29 heteroatoms. The number of unbranched alkanes of at least 4 members (excludes halogenated alkanes) is 11. The lowest BCUT2D eigenvalue weighted by molar-refractivity contribution is -0.154. The second kappa shape index (κ2) is 46.4. The number of primary amides is 1. The van der Waals surface area contributed by atoms with Crippen molar-refractivity contribution in [2.75, 3.05) is 29.8 Å². The first-order valence-corrected chi connectivity index (χ1v) is 37.1. The number of aromatic amines is 1. The standard InChI is InChI=1S/C71H108N14O13S2/c1-6-8-10-12-14-19-28-53(73)70(97)85(71(98)54(74)29-20-15-13-11-9-7-2)61(38-48-25-17-16-18-26-48)69(96)83-59(41-99-43-77-46(4)87)67(94)80-57(37-49-32-34-51(89)35-33-49)65(92)81-58(39-50-40-76-55-30-22-21-27-52(50)55)66(93)79-56(31-23-24-36-72)64(91)82-60(42-100-44-78-47(5)88)68(95)84-62(45(3)86)63(75)90/h16-18,21-22,25-27,30,32-35,40,45,53-54,56-62,76,86,89H,6-15,19-20,23-24,28-29,31,36-39,41-44,72-74H2,1-5H3,(H2,75,90)(H,77,87)(H,78,88)(H,79,93)(H,80,94)(H,81,92)(H,82,91)(H,83,96)(H,84,95)/t45-,53?,54?,56+,57+,58-,59+,60+,61-,62+/m1/s1. The number of fused-ring (bicyclic) bond motifs is 1. The number of thioether (sulfide) groups is 2. The van der Waals surface area contributed by atoms with Gasteiger partial charge in [0.05, 0.1) is 29.9 Å². The minimum Gasteiger partial charge on any atom is -0.508 e. The number of phenols is 1. The Labute approximate surface area is 595 Å². The number of aromatic nitrogens is 1. The van der Waals surface area contributed by atoms with Crippen LogP contribution >= 0.6 is 23.5 Å². The number of nitrogens with two attached hydrogens (primary N) is 4. The fourth-order valence-corrected chi connectivity index (χ4v) is 12.9. The van der Waals surface area contributed by atoms with Gasteiger partial charge in [-0.05, 0) is 80.5 Å². The third-order valence-electron chi connectivity index (χ3n) is 16.8. The number of nitrogens with one attached hydrogen (secondary N) is 9. The van der Waals surface area contributed by atoms with Gasteiger partial charge in [-0.3, -0.25) is 57.6 Å². The zero-order valence-corrected chi connectivity index (χ0v) is 60.1. The second-order valence-corrected chi connectivity index (χ2v) is 27.3. The molecule has 2 unspecified atom stereocenters. The van der Waals surface area contributed by atoms with Gasteiger partial charge in [-0.1, -0.05) is 152 Å². The van der Waals surface area contributed by atoms with Crippen molar-refractivity contribution in [1.82, 2.24) is 52.4 Å².